The Kier molecular flexibility index (Phi) is 3.75. The summed E-state index contributed by atoms with van der Waals surface area (Å²) in [5.74, 6) is 0. The minimum absolute atomic E-state index is 0.116. The van der Waals surface area contributed by atoms with Crippen molar-refractivity contribution in [2.75, 3.05) is 0 Å². The van der Waals surface area contributed by atoms with Gasteiger partial charge in [-0.15, -0.1) is 0 Å². The van der Waals surface area contributed by atoms with Gasteiger partial charge in [-0.2, -0.15) is 0 Å². The number of fused-ring (bicyclic) bond motifs is 1. The van der Waals surface area contributed by atoms with E-state index >= 15 is 0 Å². The summed E-state index contributed by atoms with van der Waals surface area (Å²) >= 11 is 0. The van der Waals surface area contributed by atoms with Crippen molar-refractivity contribution >= 4 is 10.8 Å². The Balaban J connectivity index is 1.79. The summed E-state index contributed by atoms with van der Waals surface area (Å²) < 4.78 is 0. The van der Waals surface area contributed by atoms with E-state index in [-0.39, 0.29) is 6.04 Å². The number of hydrogen-bond acceptors (Lipinski definition) is 2. The zero-order chi connectivity index (χ0) is 13.8. The largest absolute Gasteiger partial charge is 0.327 e. The van der Waals surface area contributed by atoms with Gasteiger partial charge in [0, 0.05) is 23.8 Å². The summed E-state index contributed by atoms with van der Waals surface area (Å²) in [4.78, 5) is 4.32. The highest BCUT2D eigenvalue weighted by Crippen LogP contribution is 2.18. The van der Waals surface area contributed by atoms with Crippen molar-refractivity contribution in [1.29, 1.82) is 0 Å². The third-order valence-electron chi connectivity index (χ3n) is 3.57. The molecule has 0 bridgehead atoms. The fraction of sp³-hybridized carbons (Fsp3) is 0.167. The SMILES string of the molecule is NC(Cc1ccccc1)Cc1cncc2ccccc12. The van der Waals surface area contributed by atoms with E-state index in [1.165, 1.54) is 21.9 Å². The summed E-state index contributed by atoms with van der Waals surface area (Å²) in [6.45, 7) is 0. The zero-order valence-electron chi connectivity index (χ0n) is 11.4. The Morgan fingerprint density at radius 2 is 1.60 bits per heavy atom. The molecule has 1 unspecified atom stereocenters. The highest BCUT2D eigenvalue weighted by atomic mass is 14.6. The van der Waals surface area contributed by atoms with Crippen LogP contribution in [0, 0.1) is 0 Å². The van der Waals surface area contributed by atoms with E-state index in [1.807, 2.05) is 24.5 Å². The van der Waals surface area contributed by atoms with Crippen molar-refractivity contribution in [3.8, 4) is 0 Å². The maximum absolute atomic E-state index is 6.30. The fourth-order valence-corrected chi connectivity index (χ4v) is 2.61. The topological polar surface area (TPSA) is 38.9 Å². The second-order valence-electron chi connectivity index (χ2n) is 5.17. The first-order valence-electron chi connectivity index (χ1n) is 6.94. The molecule has 0 saturated heterocycles. The monoisotopic (exact) mass is 262 g/mol. The molecule has 0 radical (unpaired) electrons. The standard InChI is InChI=1S/C18H18N2/c19-17(10-14-6-2-1-3-7-14)11-16-13-20-12-15-8-4-5-9-18(15)16/h1-9,12-13,17H,10-11,19H2. The van der Waals surface area contributed by atoms with E-state index in [4.69, 9.17) is 5.73 Å². The average Bonchev–Trinajstić information content (AvgIpc) is 2.48. The lowest BCUT2D eigenvalue weighted by molar-refractivity contribution is 0.666. The molecule has 1 aromatic heterocycles. The summed E-state index contributed by atoms with van der Waals surface area (Å²) in [5, 5.41) is 2.43. The molecule has 0 aliphatic carbocycles. The minimum atomic E-state index is 0.116. The normalized spacial score (nSPS) is 12.4. The summed E-state index contributed by atoms with van der Waals surface area (Å²) in [6.07, 6.45) is 5.59. The summed E-state index contributed by atoms with van der Waals surface area (Å²) in [5.41, 5.74) is 8.81. The molecular weight excluding hydrogens is 244 g/mol. The maximum atomic E-state index is 6.30. The van der Waals surface area contributed by atoms with E-state index in [2.05, 4.69) is 47.4 Å². The van der Waals surface area contributed by atoms with Crippen LogP contribution in [-0.2, 0) is 12.8 Å². The molecule has 0 amide bonds. The first kappa shape index (κ1) is 12.8. The van der Waals surface area contributed by atoms with Crippen LogP contribution in [0.15, 0.2) is 67.0 Å². The van der Waals surface area contributed by atoms with Crippen LogP contribution in [0.3, 0.4) is 0 Å². The number of nitrogens with two attached hydrogens (primary N) is 1. The first-order chi connectivity index (χ1) is 9.83. The molecule has 2 nitrogen and oxygen atoms in total. The van der Waals surface area contributed by atoms with Gasteiger partial charge in [0.05, 0.1) is 0 Å². The molecule has 2 N–H and O–H groups in total. The smallest absolute Gasteiger partial charge is 0.0346 e. The molecule has 1 atom stereocenters. The second kappa shape index (κ2) is 5.85. The third-order valence-corrected chi connectivity index (χ3v) is 3.57. The number of hydrogen-bond donors (Lipinski definition) is 1. The molecule has 1 heterocycles. The van der Waals surface area contributed by atoms with Crippen LogP contribution < -0.4 is 5.73 Å². The van der Waals surface area contributed by atoms with Crippen LogP contribution >= 0.6 is 0 Å². The van der Waals surface area contributed by atoms with Gasteiger partial charge in [0.1, 0.15) is 0 Å². The number of aromatic nitrogens is 1. The fourth-order valence-electron chi connectivity index (χ4n) is 2.61. The minimum Gasteiger partial charge on any atom is -0.327 e. The molecule has 0 aliphatic rings. The van der Waals surface area contributed by atoms with Crippen LogP contribution in [-0.4, -0.2) is 11.0 Å². The van der Waals surface area contributed by atoms with Gasteiger partial charge in [-0.3, -0.25) is 4.98 Å². The molecule has 0 spiro atoms. The highest BCUT2D eigenvalue weighted by Gasteiger charge is 2.08. The van der Waals surface area contributed by atoms with Crippen LogP contribution in [0.4, 0.5) is 0 Å². The Bertz CT molecular complexity index is 687. The van der Waals surface area contributed by atoms with Crippen molar-refractivity contribution in [3.63, 3.8) is 0 Å². The molecule has 2 heteroatoms. The Morgan fingerprint density at radius 3 is 2.45 bits per heavy atom. The lowest BCUT2D eigenvalue weighted by Gasteiger charge is -2.13. The quantitative estimate of drug-likeness (QED) is 0.783. The molecule has 100 valence electrons. The number of pyridine rings is 1. The lowest BCUT2D eigenvalue weighted by Crippen LogP contribution is -2.25. The molecular formula is C18H18N2. The molecule has 20 heavy (non-hydrogen) atoms. The van der Waals surface area contributed by atoms with Gasteiger partial charge in [-0.05, 0) is 29.4 Å². The van der Waals surface area contributed by atoms with E-state index in [0.29, 0.717) is 0 Å². The van der Waals surface area contributed by atoms with Crippen LogP contribution in [0.25, 0.3) is 10.8 Å². The summed E-state index contributed by atoms with van der Waals surface area (Å²) in [7, 11) is 0. The van der Waals surface area contributed by atoms with Gasteiger partial charge in [-0.1, -0.05) is 54.6 Å². The van der Waals surface area contributed by atoms with E-state index < -0.39 is 0 Å². The van der Waals surface area contributed by atoms with Crippen LogP contribution in [0.5, 0.6) is 0 Å². The van der Waals surface area contributed by atoms with Gasteiger partial charge < -0.3 is 5.73 Å². The van der Waals surface area contributed by atoms with Crippen molar-refractivity contribution < 1.29 is 0 Å². The van der Waals surface area contributed by atoms with E-state index in [1.54, 1.807) is 0 Å². The highest BCUT2D eigenvalue weighted by molar-refractivity contribution is 5.84. The molecule has 3 aromatic rings. The third kappa shape index (κ3) is 2.86. The Hall–Kier alpha value is -2.19. The number of rotatable bonds is 4. The van der Waals surface area contributed by atoms with Gasteiger partial charge in [0.25, 0.3) is 0 Å². The van der Waals surface area contributed by atoms with Crippen LogP contribution in [0.1, 0.15) is 11.1 Å². The van der Waals surface area contributed by atoms with Gasteiger partial charge in [0.15, 0.2) is 0 Å². The van der Waals surface area contributed by atoms with Crippen molar-refractivity contribution in [1.82, 2.24) is 4.98 Å². The van der Waals surface area contributed by atoms with E-state index in [0.717, 1.165) is 12.8 Å². The Labute approximate surface area is 119 Å². The van der Waals surface area contributed by atoms with Gasteiger partial charge in [-0.25, -0.2) is 0 Å². The average molecular weight is 262 g/mol. The van der Waals surface area contributed by atoms with E-state index in [9.17, 15) is 0 Å². The second-order valence-corrected chi connectivity index (χ2v) is 5.17. The molecule has 3 rings (SSSR count). The van der Waals surface area contributed by atoms with Crippen molar-refractivity contribution in [2.45, 2.75) is 18.9 Å². The maximum Gasteiger partial charge on any atom is 0.0346 e. The summed E-state index contributed by atoms with van der Waals surface area (Å²) in [6, 6.07) is 18.8. The predicted molar refractivity (Wildman–Crippen MR) is 83.6 cm³/mol. The predicted octanol–water partition coefficient (Wildman–Crippen LogP) is 3.35. The first-order valence-corrected chi connectivity index (χ1v) is 6.94. The number of nitrogens with zero attached hydrogens (tertiary/aromatic N) is 1. The number of benzene rings is 2. The molecule has 0 aliphatic heterocycles. The zero-order valence-corrected chi connectivity index (χ0v) is 11.4. The van der Waals surface area contributed by atoms with Gasteiger partial charge >= 0.3 is 0 Å². The lowest BCUT2D eigenvalue weighted by atomic mass is 9.97. The molecule has 0 saturated carbocycles. The van der Waals surface area contributed by atoms with Crippen molar-refractivity contribution in [3.05, 3.63) is 78.1 Å². The Morgan fingerprint density at radius 1 is 0.850 bits per heavy atom. The van der Waals surface area contributed by atoms with Crippen LogP contribution in [0.2, 0.25) is 0 Å². The van der Waals surface area contributed by atoms with Gasteiger partial charge in [0.2, 0.25) is 0 Å². The molecule has 2 aromatic carbocycles. The van der Waals surface area contributed by atoms with Crippen molar-refractivity contribution in [2.24, 2.45) is 5.73 Å². The molecule has 0 fully saturated rings.